The third-order valence-corrected chi connectivity index (χ3v) is 3.13. The van der Waals surface area contributed by atoms with Crippen LogP contribution >= 0.6 is 0 Å². The molecule has 10 heteroatoms. The molecule has 8 N–H and O–H groups in total. The third-order valence-electron chi connectivity index (χ3n) is 3.13. The number of aromatic carboxylic acids is 3. The van der Waals surface area contributed by atoms with Gasteiger partial charge in [-0.1, -0.05) is 0 Å². The summed E-state index contributed by atoms with van der Waals surface area (Å²) in [6.07, 6.45) is 0. The van der Waals surface area contributed by atoms with Crippen LogP contribution in [0, 0.1) is 0 Å². The van der Waals surface area contributed by atoms with Crippen molar-refractivity contribution >= 4 is 40.9 Å². The van der Waals surface area contributed by atoms with Crippen molar-refractivity contribution in [1.29, 1.82) is 0 Å². The third kappa shape index (κ3) is 6.05. The molecule has 0 aliphatic rings. The van der Waals surface area contributed by atoms with Gasteiger partial charge < -0.3 is 32.1 Å². The summed E-state index contributed by atoms with van der Waals surface area (Å²) in [5.41, 5.74) is 11.2. The number of amides is 1. The summed E-state index contributed by atoms with van der Waals surface area (Å²) >= 11 is 0. The first-order valence-corrected chi connectivity index (χ1v) is 7.29. The molecule has 142 valence electrons. The summed E-state index contributed by atoms with van der Waals surface area (Å²) in [5, 5.41) is 28.3. The minimum atomic E-state index is -1.17. The predicted molar refractivity (Wildman–Crippen MR) is 96.9 cm³/mol. The topological polar surface area (TPSA) is 193 Å². The lowest BCUT2D eigenvalue weighted by Crippen LogP contribution is -2.08. The first kappa shape index (κ1) is 21.0. The van der Waals surface area contributed by atoms with Gasteiger partial charge in [-0.05, 0) is 36.4 Å². The van der Waals surface area contributed by atoms with Crippen LogP contribution in [-0.2, 0) is 4.79 Å². The Labute approximate surface area is 153 Å². The first-order valence-electron chi connectivity index (χ1n) is 7.29. The molecule has 0 bridgehead atoms. The Morgan fingerprint density at radius 2 is 1.37 bits per heavy atom. The highest BCUT2D eigenvalue weighted by Crippen LogP contribution is 2.17. The lowest BCUT2D eigenvalue weighted by Gasteiger charge is -2.05. The summed E-state index contributed by atoms with van der Waals surface area (Å²) in [5.74, 6) is -3.68. The van der Waals surface area contributed by atoms with Gasteiger partial charge in [0, 0.05) is 24.0 Å². The Hall–Kier alpha value is -4.08. The van der Waals surface area contributed by atoms with Gasteiger partial charge in [-0.25, -0.2) is 14.4 Å². The second-order valence-corrected chi connectivity index (χ2v) is 5.20. The van der Waals surface area contributed by atoms with E-state index in [9.17, 15) is 19.2 Å². The van der Waals surface area contributed by atoms with E-state index in [0.717, 1.165) is 6.07 Å². The van der Waals surface area contributed by atoms with Crippen molar-refractivity contribution in [3.8, 4) is 0 Å². The van der Waals surface area contributed by atoms with Gasteiger partial charge in [0.25, 0.3) is 0 Å². The molecule has 0 aliphatic carbocycles. The number of benzene rings is 2. The summed E-state index contributed by atoms with van der Waals surface area (Å²) in [6, 6.07) is 7.78. The Kier molecular flexibility index (Phi) is 6.87. The molecule has 0 unspecified atom stereocenters. The van der Waals surface area contributed by atoms with Gasteiger partial charge in [0.2, 0.25) is 5.91 Å². The molecule has 27 heavy (non-hydrogen) atoms. The number of carboxylic acids is 3. The molecule has 0 heterocycles. The molecule has 0 atom stereocenters. The first-order chi connectivity index (χ1) is 12.5. The van der Waals surface area contributed by atoms with E-state index >= 15 is 0 Å². The maximum atomic E-state index is 10.7. The van der Waals surface area contributed by atoms with E-state index in [4.69, 9.17) is 26.8 Å². The zero-order valence-corrected chi connectivity index (χ0v) is 14.1. The molecule has 2 aromatic carbocycles. The second-order valence-electron chi connectivity index (χ2n) is 5.20. The van der Waals surface area contributed by atoms with E-state index < -0.39 is 17.9 Å². The molecule has 0 saturated carbocycles. The molecule has 0 fully saturated rings. The Bertz CT molecular complexity index is 909. The second kappa shape index (κ2) is 8.85. The quantitative estimate of drug-likeness (QED) is 0.430. The van der Waals surface area contributed by atoms with E-state index in [0.29, 0.717) is 5.69 Å². The molecule has 2 rings (SSSR count). The minimum Gasteiger partial charge on any atom is -0.478 e. The zero-order chi connectivity index (χ0) is 20.7. The standard InChI is InChI=1S/C9H10N2O3.C8H7NO4/c1-5(12)11-6-2-3-8(10)7(4-6)9(13)14;9-6-3-4(7(10)11)1-2-5(6)8(12)13/h2-4H,10H2,1H3,(H,11,12)(H,13,14);1-3H,9H2,(H,10,11)(H,12,13). The number of hydrogen-bond donors (Lipinski definition) is 6. The van der Waals surface area contributed by atoms with Crippen LogP contribution in [0.3, 0.4) is 0 Å². The number of nitrogen functional groups attached to an aromatic ring is 2. The van der Waals surface area contributed by atoms with Crippen molar-refractivity contribution < 1.29 is 34.5 Å². The average Bonchev–Trinajstić information content (AvgIpc) is 2.56. The van der Waals surface area contributed by atoms with E-state index in [1.54, 1.807) is 6.07 Å². The van der Waals surface area contributed by atoms with E-state index in [1.165, 1.54) is 31.2 Å². The van der Waals surface area contributed by atoms with Gasteiger partial charge in [-0.2, -0.15) is 0 Å². The Morgan fingerprint density at radius 3 is 1.81 bits per heavy atom. The molecule has 0 radical (unpaired) electrons. The van der Waals surface area contributed by atoms with Gasteiger partial charge in [-0.15, -0.1) is 0 Å². The highest BCUT2D eigenvalue weighted by molar-refractivity contribution is 5.97. The number of hydrogen-bond acceptors (Lipinski definition) is 6. The molecule has 0 aromatic heterocycles. The van der Waals surface area contributed by atoms with Crippen molar-refractivity contribution in [1.82, 2.24) is 0 Å². The van der Waals surface area contributed by atoms with Gasteiger partial charge >= 0.3 is 17.9 Å². The van der Waals surface area contributed by atoms with Crippen LogP contribution in [0.1, 0.15) is 38.0 Å². The molecule has 0 saturated heterocycles. The van der Waals surface area contributed by atoms with Crippen molar-refractivity contribution in [3.63, 3.8) is 0 Å². The van der Waals surface area contributed by atoms with Crippen molar-refractivity contribution in [2.24, 2.45) is 0 Å². The Balaban J connectivity index is 0.000000271. The van der Waals surface area contributed by atoms with Crippen molar-refractivity contribution in [3.05, 3.63) is 53.1 Å². The molecule has 10 nitrogen and oxygen atoms in total. The predicted octanol–water partition coefficient (Wildman–Crippen LogP) is 1.59. The number of carbonyl (C=O) groups is 4. The highest BCUT2D eigenvalue weighted by atomic mass is 16.4. The van der Waals surface area contributed by atoms with Crippen LogP contribution in [0.4, 0.5) is 17.1 Å². The summed E-state index contributed by atoms with van der Waals surface area (Å²) < 4.78 is 0. The lowest BCUT2D eigenvalue weighted by atomic mass is 10.1. The van der Waals surface area contributed by atoms with Crippen LogP contribution < -0.4 is 16.8 Å². The fourth-order valence-corrected chi connectivity index (χ4v) is 1.91. The van der Waals surface area contributed by atoms with E-state index in [-0.39, 0.29) is 34.0 Å². The summed E-state index contributed by atoms with van der Waals surface area (Å²) in [4.78, 5) is 42.3. The smallest absolute Gasteiger partial charge is 0.337 e. The number of carboxylic acid groups (broad SMARTS) is 3. The molecule has 0 aliphatic heterocycles. The van der Waals surface area contributed by atoms with Gasteiger partial charge in [0.15, 0.2) is 0 Å². The lowest BCUT2D eigenvalue weighted by molar-refractivity contribution is -0.114. The van der Waals surface area contributed by atoms with E-state index in [1.807, 2.05) is 0 Å². The molecular formula is C17H17N3O7. The normalized spacial score (nSPS) is 9.52. The molecule has 0 spiro atoms. The number of rotatable bonds is 4. The zero-order valence-electron chi connectivity index (χ0n) is 14.1. The summed E-state index contributed by atoms with van der Waals surface area (Å²) in [6.45, 7) is 1.34. The minimum absolute atomic E-state index is 0.0174. The number of carbonyl (C=O) groups excluding carboxylic acids is 1. The SMILES string of the molecule is CC(=O)Nc1ccc(N)c(C(=O)O)c1.Nc1cc(C(=O)O)ccc1C(=O)O. The average molecular weight is 375 g/mol. The molecular weight excluding hydrogens is 358 g/mol. The fraction of sp³-hybridized carbons (Fsp3) is 0.0588. The van der Waals surface area contributed by atoms with E-state index in [2.05, 4.69) is 5.32 Å². The molecule has 2 aromatic rings. The maximum absolute atomic E-state index is 10.7. The summed E-state index contributed by atoms with van der Waals surface area (Å²) in [7, 11) is 0. The largest absolute Gasteiger partial charge is 0.478 e. The highest BCUT2D eigenvalue weighted by Gasteiger charge is 2.10. The van der Waals surface area contributed by atoms with Crippen LogP contribution in [0.5, 0.6) is 0 Å². The number of nitrogens with one attached hydrogen (secondary N) is 1. The van der Waals surface area contributed by atoms with Gasteiger partial charge in [0.1, 0.15) is 0 Å². The van der Waals surface area contributed by atoms with Gasteiger partial charge in [-0.3, -0.25) is 4.79 Å². The van der Waals surface area contributed by atoms with Crippen LogP contribution in [-0.4, -0.2) is 39.1 Å². The maximum Gasteiger partial charge on any atom is 0.337 e. The number of nitrogens with two attached hydrogens (primary N) is 2. The van der Waals surface area contributed by atoms with Crippen LogP contribution in [0.25, 0.3) is 0 Å². The molecule has 1 amide bonds. The van der Waals surface area contributed by atoms with Gasteiger partial charge in [0.05, 0.1) is 16.7 Å². The van der Waals surface area contributed by atoms with Crippen LogP contribution in [0.15, 0.2) is 36.4 Å². The van der Waals surface area contributed by atoms with Crippen molar-refractivity contribution in [2.75, 3.05) is 16.8 Å². The van der Waals surface area contributed by atoms with Crippen LogP contribution in [0.2, 0.25) is 0 Å². The fourth-order valence-electron chi connectivity index (χ4n) is 1.91. The Morgan fingerprint density at radius 1 is 0.778 bits per heavy atom. The number of anilines is 3. The monoisotopic (exact) mass is 375 g/mol. The van der Waals surface area contributed by atoms with Crippen molar-refractivity contribution in [2.45, 2.75) is 6.92 Å².